The minimum atomic E-state index is -1.02. The molecule has 1 aromatic rings. The highest BCUT2D eigenvalue weighted by atomic mass is 16.4. The first-order chi connectivity index (χ1) is 9.33. The molecule has 0 heterocycles. The first-order valence-corrected chi connectivity index (χ1v) is 6.90. The zero-order valence-corrected chi connectivity index (χ0v) is 12.3. The molecule has 1 aromatic carbocycles. The van der Waals surface area contributed by atoms with E-state index in [1.54, 1.807) is 0 Å². The lowest BCUT2D eigenvalue weighted by atomic mass is 9.85. The second-order valence-electron chi connectivity index (χ2n) is 5.76. The van der Waals surface area contributed by atoms with Crippen LogP contribution in [0.1, 0.15) is 39.2 Å². The Morgan fingerprint density at radius 1 is 1.25 bits per heavy atom. The molecule has 1 unspecified atom stereocenters. The Bertz CT molecular complexity index is 454. The van der Waals surface area contributed by atoms with Crippen molar-refractivity contribution in [3.63, 3.8) is 0 Å². The van der Waals surface area contributed by atoms with Crippen molar-refractivity contribution in [2.45, 2.75) is 46.1 Å². The van der Waals surface area contributed by atoms with E-state index in [4.69, 9.17) is 5.11 Å². The van der Waals surface area contributed by atoms with Gasteiger partial charge in [0.15, 0.2) is 0 Å². The van der Waals surface area contributed by atoms with Gasteiger partial charge < -0.3 is 10.4 Å². The number of amides is 1. The van der Waals surface area contributed by atoms with Crippen molar-refractivity contribution in [1.82, 2.24) is 5.32 Å². The van der Waals surface area contributed by atoms with Crippen LogP contribution in [0.3, 0.4) is 0 Å². The monoisotopic (exact) mass is 277 g/mol. The molecule has 110 valence electrons. The highest BCUT2D eigenvalue weighted by Crippen LogP contribution is 2.24. The van der Waals surface area contributed by atoms with Gasteiger partial charge in [-0.25, -0.2) is 0 Å². The molecule has 0 radical (unpaired) electrons. The van der Waals surface area contributed by atoms with Crippen molar-refractivity contribution in [3.05, 3.63) is 35.9 Å². The number of aliphatic carboxylic acids is 1. The van der Waals surface area contributed by atoms with Gasteiger partial charge in [0.2, 0.25) is 5.91 Å². The van der Waals surface area contributed by atoms with Crippen LogP contribution in [-0.2, 0) is 16.0 Å². The Balaban J connectivity index is 2.44. The smallest absolute Gasteiger partial charge is 0.325 e. The molecule has 20 heavy (non-hydrogen) atoms. The van der Waals surface area contributed by atoms with E-state index >= 15 is 0 Å². The van der Waals surface area contributed by atoms with Crippen molar-refractivity contribution in [1.29, 1.82) is 0 Å². The van der Waals surface area contributed by atoms with Gasteiger partial charge in [0.25, 0.3) is 0 Å². The fraction of sp³-hybridized carbons (Fsp3) is 0.500. The molecule has 1 amide bonds. The van der Waals surface area contributed by atoms with E-state index in [1.165, 1.54) is 12.5 Å². The number of carbonyl (C=O) groups excluding carboxylic acids is 1. The van der Waals surface area contributed by atoms with Crippen molar-refractivity contribution in [2.75, 3.05) is 0 Å². The van der Waals surface area contributed by atoms with Crippen molar-refractivity contribution < 1.29 is 14.7 Å². The number of carboxylic acids is 1. The van der Waals surface area contributed by atoms with Crippen molar-refractivity contribution in [2.24, 2.45) is 5.41 Å². The Labute approximate surface area is 120 Å². The third-order valence-corrected chi connectivity index (χ3v) is 3.44. The molecule has 0 saturated carbocycles. The summed E-state index contributed by atoms with van der Waals surface area (Å²) in [5.74, 6) is -1.22. The summed E-state index contributed by atoms with van der Waals surface area (Å²) in [5, 5.41) is 11.3. The van der Waals surface area contributed by atoms with Crippen LogP contribution in [0.2, 0.25) is 0 Å². The number of nitrogens with one attached hydrogen (secondary N) is 1. The van der Waals surface area contributed by atoms with Crippen LogP contribution in [0.15, 0.2) is 30.3 Å². The predicted molar refractivity (Wildman–Crippen MR) is 78.4 cm³/mol. The second kappa shape index (κ2) is 7.08. The summed E-state index contributed by atoms with van der Waals surface area (Å²) in [6.07, 6.45) is 2.54. The van der Waals surface area contributed by atoms with Gasteiger partial charge in [-0.15, -0.1) is 0 Å². The van der Waals surface area contributed by atoms with E-state index in [9.17, 15) is 9.59 Å². The van der Waals surface area contributed by atoms with Crippen molar-refractivity contribution >= 4 is 11.9 Å². The fourth-order valence-electron chi connectivity index (χ4n) is 1.95. The molecule has 0 aliphatic rings. The van der Waals surface area contributed by atoms with Crippen molar-refractivity contribution in [3.8, 4) is 0 Å². The summed E-state index contributed by atoms with van der Waals surface area (Å²) in [5.41, 5.74) is 0.695. The molecule has 0 fully saturated rings. The molecule has 0 aliphatic carbocycles. The van der Waals surface area contributed by atoms with Gasteiger partial charge in [-0.1, -0.05) is 44.2 Å². The minimum absolute atomic E-state index is 0.208. The topological polar surface area (TPSA) is 66.4 Å². The van der Waals surface area contributed by atoms with Gasteiger partial charge >= 0.3 is 5.97 Å². The van der Waals surface area contributed by atoms with E-state index in [-0.39, 0.29) is 5.91 Å². The van der Waals surface area contributed by atoms with Crippen LogP contribution in [0, 0.1) is 5.41 Å². The van der Waals surface area contributed by atoms with Gasteiger partial charge in [-0.05, 0) is 31.7 Å². The summed E-state index contributed by atoms with van der Waals surface area (Å²) in [6, 6.07) is 9.27. The maximum Gasteiger partial charge on any atom is 0.325 e. The zero-order chi connectivity index (χ0) is 15.2. The molecule has 2 N–H and O–H groups in total. The second-order valence-corrected chi connectivity index (χ2v) is 5.76. The van der Waals surface area contributed by atoms with E-state index in [0.29, 0.717) is 0 Å². The Morgan fingerprint density at radius 2 is 1.85 bits per heavy atom. The molecule has 0 bridgehead atoms. The van der Waals surface area contributed by atoms with E-state index in [0.717, 1.165) is 19.3 Å². The molecule has 4 heteroatoms. The number of carbonyl (C=O) groups is 2. The highest BCUT2D eigenvalue weighted by Gasteiger charge is 2.29. The maximum atomic E-state index is 12.0. The standard InChI is InChI=1S/C16H23NO3/c1-12(14(18)19)17-15(20)16(2,3)11-7-10-13-8-5-4-6-9-13/h4-6,8-9,12H,7,10-11H2,1-3H3,(H,17,20)(H,18,19). The molecule has 1 rings (SSSR count). The number of rotatable bonds is 7. The number of aryl methyl sites for hydroxylation is 1. The van der Waals surface area contributed by atoms with Gasteiger partial charge in [-0.3, -0.25) is 9.59 Å². The Morgan fingerprint density at radius 3 is 2.40 bits per heavy atom. The molecular formula is C16H23NO3. The number of carboxylic acid groups (broad SMARTS) is 1. The zero-order valence-electron chi connectivity index (χ0n) is 12.3. The normalized spacial score (nSPS) is 12.8. The van der Waals surface area contributed by atoms with Crippen LogP contribution in [0.4, 0.5) is 0 Å². The Kier molecular flexibility index (Phi) is 5.74. The molecule has 4 nitrogen and oxygen atoms in total. The van der Waals surface area contributed by atoms with E-state index in [2.05, 4.69) is 17.4 Å². The summed E-state index contributed by atoms with van der Waals surface area (Å²) in [7, 11) is 0. The third-order valence-electron chi connectivity index (χ3n) is 3.44. The fourth-order valence-corrected chi connectivity index (χ4v) is 1.95. The third kappa shape index (κ3) is 5.03. The van der Waals surface area contributed by atoms with Crippen LogP contribution < -0.4 is 5.32 Å². The first kappa shape index (κ1) is 16.2. The summed E-state index contributed by atoms with van der Waals surface area (Å²) >= 11 is 0. The first-order valence-electron chi connectivity index (χ1n) is 6.90. The lowest BCUT2D eigenvalue weighted by Gasteiger charge is -2.24. The number of hydrogen-bond acceptors (Lipinski definition) is 2. The molecule has 0 saturated heterocycles. The number of benzene rings is 1. The lowest BCUT2D eigenvalue weighted by Crippen LogP contribution is -2.45. The summed E-state index contributed by atoms with van der Waals surface area (Å²) in [6.45, 7) is 5.17. The maximum absolute atomic E-state index is 12.0. The van der Waals surface area contributed by atoms with Crippen LogP contribution >= 0.6 is 0 Å². The number of hydrogen-bond donors (Lipinski definition) is 2. The molecule has 1 atom stereocenters. The van der Waals surface area contributed by atoms with Gasteiger partial charge in [0.05, 0.1) is 0 Å². The van der Waals surface area contributed by atoms with Crippen LogP contribution in [0.5, 0.6) is 0 Å². The lowest BCUT2D eigenvalue weighted by molar-refractivity contribution is -0.143. The molecular weight excluding hydrogens is 254 g/mol. The average molecular weight is 277 g/mol. The molecule has 0 aliphatic heterocycles. The Hall–Kier alpha value is -1.84. The van der Waals surface area contributed by atoms with Gasteiger partial charge in [0.1, 0.15) is 6.04 Å². The van der Waals surface area contributed by atoms with Gasteiger partial charge in [-0.2, -0.15) is 0 Å². The van der Waals surface area contributed by atoms with Crippen LogP contribution in [-0.4, -0.2) is 23.0 Å². The quantitative estimate of drug-likeness (QED) is 0.805. The van der Waals surface area contributed by atoms with E-state index < -0.39 is 17.4 Å². The summed E-state index contributed by atoms with van der Waals surface area (Å²) in [4.78, 5) is 22.8. The minimum Gasteiger partial charge on any atom is -0.480 e. The summed E-state index contributed by atoms with van der Waals surface area (Å²) < 4.78 is 0. The van der Waals surface area contributed by atoms with E-state index in [1.807, 2.05) is 32.0 Å². The average Bonchev–Trinajstić information content (AvgIpc) is 2.39. The van der Waals surface area contributed by atoms with Crippen LogP contribution in [0.25, 0.3) is 0 Å². The molecule has 0 aromatic heterocycles. The largest absolute Gasteiger partial charge is 0.480 e. The highest BCUT2D eigenvalue weighted by molar-refractivity contribution is 5.86. The predicted octanol–water partition coefficient (Wildman–Crippen LogP) is 2.62. The SMILES string of the molecule is CC(NC(=O)C(C)(C)CCCc1ccccc1)C(=O)O. The molecule has 0 spiro atoms. The van der Waals surface area contributed by atoms with Gasteiger partial charge in [0, 0.05) is 5.41 Å².